The van der Waals surface area contributed by atoms with E-state index in [1.54, 1.807) is 18.2 Å². The zero-order valence-electron chi connectivity index (χ0n) is 17.6. The van der Waals surface area contributed by atoms with Crippen LogP contribution in [0.15, 0.2) is 59.5 Å². The van der Waals surface area contributed by atoms with Crippen molar-refractivity contribution in [2.24, 2.45) is 5.41 Å². The summed E-state index contributed by atoms with van der Waals surface area (Å²) < 4.78 is 41.7. The molecule has 0 fully saturated rings. The maximum Gasteiger partial charge on any atom is 0.264 e. The van der Waals surface area contributed by atoms with Gasteiger partial charge in [0, 0.05) is 5.54 Å². The lowest BCUT2D eigenvalue weighted by Crippen LogP contribution is -2.50. The van der Waals surface area contributed by atoms with Gasteiger partial charge in [0.1, 0.15) is 12.4 Å². The maximum absolute atomic E-state index is 14.5. The van der Waals surface area contributed by atoms with Gasteiger partial charge in [-0.05, 0) is 49.9 Å². The van der Waals surface area contributed by atoms with Crippen molar-refractivity contribution in [1.82, 2.24) is 5.32 Å². The first-order valence-electron chi connectivity index (χ1n) is 9.45. The van der Waals surface area contributed by atoms with Gasteiger partial charge in [-0.15, -0.1) is 0 Å². The average Bonchev–Trinajstić information content (AvgIpc) is 2.58. The molecule has 0 aliphatic rings. The van der Waals surface area contributed by atoms with Gasteiger partial charge in [0.2, 0.25) is 5.91 Å². The second kappa shape index (κ2) is 8.53. The third-order valence-electron chi connectivity index (χ3n) is 4.19. The molecule has 0 aromatic heterocycles. The zero-order chi connectivity index (χ0) is 21.9. The Balaban J connectivity index is 2.37. The predicted octanol–water partition coefficient (Wildman–Crippen LogP) is 4.35. The molecule has 0 unspecified atom stereocenters. The Kier molecular flexibility index (Phi) is 6.73. The summed E-state index contributed by atoms with van der Waals surface area (Å²) in [6.07, 6.45) is 0.691. The molecule has 0 aliphatic heterocycles. The lowest BCUT2D eigenvalue weighted by molar-refractivity contribution is -0.121. The summed E-state index contributed by atoms with van der Waals surface area (Å²) in [5.41, 5.74) is -0.745. The van der Waals surface area contributed by atoms with E-state index in [1.165, 1.54) is 36.4 Å². The molecule has 0 radical (unpaired) electrons. The number of benzene rings is 2. The van der Waals surface area contributed by atoms with Crippen LogP contribution in [-0.2, 0) is 14.8 Å². The van der Waals surface area contributed by atoms with Gasteiger partial charge >= 0.3 is 0 Å². The van der Waals surface area contributed by atoms with E-state index >= 15 is 0 Å². The molecule has 2 aromatic carbocycles. The number of hydrogen-bond acceptors (Lipinski definition) is 3. The highest BCUT2D eigenvalue weighted by molar-refractivity contribution is 7.92. The maximum atomic E-state index is 14.5. The van der Waals surface area contributed by atoms with Crippen LogP contribution >= 0.6 is 0 Å². The lowest BCUT2D eigenvalue weighted by Gasteiger charge is -2.34. The van der Waals surface area contributed by atoms with Gasteiger partial charge < -0.3 is 5.32 Å². The van der Waals surface area contributed by atoms with Crippen LogP contribution in [-0.4, -0.2) is 26.4 Å². The number of nitrogens with zero attached hydrogens (tertiary/aromatic N) is 1. The Hall–Kier alpha value is -2.41. The highest BCUT2D eigenvalue weighted by Gasteiger charge is 2.32. The molecule has 0 heterocycles. The molecule has 0 saturated heterocycles. The van der Waals surface area contributed by atoms with Gasteiger partial charge in [0.05, 0.1) is 10.6 Å². The lowest BCUT2D eigenvalue weighted by atomic mass is 9.82. The molecule has 2 aromatic rings. The van der Waals surface area contributed by atoms with Crippen molar-refractivity contribution in [2.45, 2.75) is 51.5 Å². The van der Waals surface area contributed by atoms with Gasteiger partial charge in [-0.3, -0.25) is 9.10 Å². The van der Waals surface area contributed by atoms with Crippen LogP contribution in [0.4, 0.5) is 10.1 Å². The van der Waals surface area contributed by atoms with E-state index in [-0.39, 0.29) is 16.0 Å². The van der Waals surface area contributed by atoms with Crippen LogP contribution in [0.5, 0.6) is 0 Å². The van der Waals surface area contributed by atoms with Gasteiger partial charge in [0.15, 0.2) is 0 Å². The van der Waals surface area contributed by atoms with E-state index < -0.39 is 33.8 Å². The summed E-state index contributed by atoms with van der Waals surface area (Å²) in [4.78, 5) is 12.8. The number of para-hydroxylation sites is 1. The second-order valence-electron chi connectivity index (χ2n) is 8.95. The van der Waals surface area contributed by atoms with E-state index in [1.807, 2.05) is 13.8 Å². The number of sulfonamides is 1. The Labute approximate surface area is 173 Å². The van der Waals surface area contributed by atoms with Crippen molar-refractivity contribution >= 4 is 21.6 Å². The second-order valence-corrected chi connectivity index (χ2v) is 10.8. The first kappa shape index (κ1) is 22.9. The third kappa shape index (κ3) is 6.29. The van der Waals surface area contributed by atoms with Crippen LogP contribution < -0.4 is 9.62 Å². The van der Waals surface area contributed by atoms with E-state index in [0.29, 0.717) is 6.42 Å². The number of carbonyl (C=O) groups is 1. The summed E-state index contributed by atoms with van der Waals surface area (Å²) in [7, 11) is -4.13. The van der Waals surface area contributed by atoms with Gasteiger partial charge in [0.25, 0.3) is 10.0 Å². The molecule has 0 bridgehead atoms. The summed E-state index contributed by atoms with van der Waals surface area (Å²) in [6.45, 7) is 9.43. The molecular weight excluding hydrogens is 391 g/mol. The van der Waals surface area contributed by atoms with Crippen molar-refractivity contribution in [3.63, 3.8) is 0 Å². The Bertz CT molecular complexity index is 952. The number of nitrogens with one attached hydrogen (secondary N) is 1. The third-order valence-corrected chi connectivity index (χ3v) is 5.96. The van der Waals surface area contributed by atoms with E-state index in [9.17, 15) is 17.6 Å². The van der Waals surface area contributed by atoms with Gasteiger partial charge in [-0.1, -0.05) is 51.1 Å². The van der Waals surface area contributed by atoms with Crippen molar-refractivity contribution in [3.8, 4) is 0 Å². The number of rotatable bonds is 7. The molecule has 7 heteroatoms. The van der Waals surface area contributed by atoms with Crippen molar-refractivity contribution < 1.29 is 17.6 Å². The number of carbonyl (C=O) groups excluding carboxylic acids is 1. The van der Waals surface area contributed by atoms with Crippen LogP contribution in [0.3, 0.4) is 0 Å². The van der Waals surface area contributed by atoms with Crippen molar-refractivity contribution in [3.05, 3.63) is 60.4 Å². The quantitative estimate of drug-likeness (QED) is 0.724. The minimum Gasteiger partial charge on any atom is -0.350 e. The molecule has 1 amide bonds. The molecule has 5 nitrogen and oxygen atoms in total. The fraction of sp³-hybridized carbons (Fsp3) is 0.409. The summed E-state index contributed by atoms with van der Waals surface area (Å²) in [5, 5.41) is 2.89. The smallest absolute Gasteiger partial charge is 0.264 e. The Morgan fingerprint density at radius 2 is 1.52 bits per heavy atom. The SMILES string of the molecule is CC(C)(C)CC(C)(C)NC(=O)CN(c1ccccc1F)S(=O)(=O)c1ccccc1. The summed E-state index contributed by atoms with van der Waals surface area (Å²) in [5.74, 6) is -1.21. The molecule has 0 spiro atoms. The van der Waals surface area contributed by atoms with Crippen LogP contribution in [0.1, 0.15) is 41.0 Å². The molecule has 0 atom stereocenters. The van der Waals surface area contributed by atoms with Crippen molar-refractivity contribution in [1.29, 1.82) is 0 Å². The summed E-state index contributed by atoms with van der Waals surface area (Å²) >= 11 is 0. The average molecular weight is 421 g/mol. The largest absolute Gasteiger partial charge is 0.350 e. The molecule has 1 N–H and O–H groups in total. The fourth-order valence-electron chi connectivity index (χ4n) is 3.59. The van der Waals surface area contributed by atoms with Crippen LogP contribution in [0, 0.1) is 11.2 Å². The fourth-order valence-corrected chi connectivity index (χ4v) is 5.04. The van der Waals surface area contributed by atoms with E-state index in [2.05, 4.69) is 26.1 Å². The topological polar surface area (TPSA) is 66.5 Å². The van der Waals surface area contributed by atoms with Gasteiger partial charge in [-0.25, -0.2) is 12.8 Å². The first-order valence-corrected chi connectivity index (χ1v) is 10.9. The number of anilines is 1. The monoisotopic (exact) mass is 420 g/mol. The number of halogens is 1. The molecule has 0 saturated carbocycles. The Morgan fingerprint density at radius 1 is 0.966 bits per heavy atom. The molecule has 0 aliphatic carbocycles. The van der Waals surface area contributed by atoms with Crippen molar-refractivity contribution in [2.75, 3.05) is 10.8 Å². The highest BCUT2D eigenvalue weighted by atomic mass is 32.2. The Morgan fingerprint density at radius 3 is 2.07 bits per heavy atom. The van der Waals surface area contributed by atoms with Crippen LogP contribution in [0.25, 0.3) is 0 Å². The van der Waals surface area contributed by atoms with E-state index in [4.69, 9.17) is 0 Å². The standard InChI is InChI=1S/C22H29FN2O3S/c1-21(2,3)16-22(4,5)24-20(26)15-25(19-14-10-9-13-18(19)23)29(27,28)17-11-7-6-8-12-17/h6-14H,15-16H2,1-5H3,(H,24,26). The first-order chi connectivity index (χ1) is 13.3. The van der Waals surface area contributed by atoms with Gasteiger partial charge in [-0.2, -0.15) is 0 Å². The minimum absolute atomic E-state index is 0.00925. The molecular formula is C22H29FN2O3S. The van der Waals surface area contributed by atoms with Crippen LogP contribution in [0.2, 0.25) is 0 Å². The summed E-state index contributed by atoms with van der Waals surface area (Å²) in [6, 6.07) is 13.2. The zero-order valence-corrected chi connectivity index (χ0v) is 18.4. The number of hydrogen-bond donors (Lipinski definition) is 1. The van der Waals surface area contributed by atoms with E-state index in [0.717, 1.165) is 4.31 Å². The molecule has 158 valence electrons. The molecule has 2 rings (SSSR count). The highest BCUT2D eigenvalue weighted by Crippen LogP contribution is 2.28. The normalized spacial score (nSPS) is 12.5. The predicted molar refractivity (Wildman–Crippen MR) is 114 cm³/mol. The number of amides is 1. The molecule has 29 heavy (non-hydrogen) atoms. The minimum atomic E-state index is -4.13.